The van der Waals surface area contributed by atoms with Gasteiger partial charge in [-0.1, -0.05) is 12.1 Å². The number of carbonyl (C=O) groups is 2. The summed E-state index contributed by atoms with van der Waals surface area (Å²) < 4.78 is 28.6. The van der Waals surface area contributed by atoms with E-state index in [4.69, 9.17) is 14.2 Å². The molecule has 0 aliphatic carbocycles. The summed E-state index contributed by atoms with van der Waals surface area (Å²) in [6, 6.07) is 10.9. The minimum atomic E-state index is -1.02. The summed E-state index contributed by atoms with van der Waals surface area (Å²) in [5, 5.41) is 2.67. The van der Waals surface area contributed by atoms with E-state index in [1.807, 2.05) is 12.1 Å². The van der Waals surface area contributed by atoms with Crippen LogP contribution in [0.5, 0.6) is 11.5 Å². The molecule has 1 N–H and O–H groups in total. The van der Waals surface area contributed by atoms with E-state index in [0.717, 1.165) is 11.6 Å². The predicted molar refractivity (Wildman–Crippen MR) is 92.7 cm³/mol. The summed E-state index contributed by atoms with van der Waals surface area (Å²) in [6.07, 6.45) is -1.02. The van der Waals surface area contributed by atoms with E-state index in [0.29, 0.717) is 5.75 Å². The number of esters is 1. The molecule has 138 valence electrons. The van der Waals surface area contributed by atoms with Crippen molar-refractivity contribution in [1.82, 2.24) is 5.32 Å². The van der Waals surface area contributed by atoms with Gasteiger partial charge in [-0.15, -0.1) is 0 Å². The molecule has 7 heteroatoms. The van der Waals surface area contributed by atoms with E-state index in [9.17, 15) is 14.0 Å². The maximum Gasteiger partial charge on any atom is 0.339 e. The van der Waals surface area contributed by atoms with Crippen molar-refractivity contribution >= 4 is 11.9 Å². The summed E-state index contributed by atoms with van der Waals surface area (Å²) in [5.41, 5.74) is 0.869. The van der Waals surface area contributed by atoms with Gasteiger partial charge in [-0.25, -0.2) is 9.18 Å². The molecule has 2 aromatic rings. The van der Waals surface area contributed by atoms with Crippen molar-refractivity contribution < 1.29 is 28.2 Å². The molecule has 0 spiro atoms. The summed E-state index contributed by atoms with van der Waals surface area (Å²) >= 11 is 0. The van der Waals surface area contributed by atoms with Crippen molar-refractivity contribution in [3.63, 3.8) is 0 Å². The van der Waals surface area contributed by atoms with Crippen LogP contribution in [0.25, 0.3) is 0 Å². The Morgan fingerprint density at radius 2 is 1.77 bits per heavy atom. The first-order valence-corrected chi connectivity index (χ1v) is 7.89. The van der Waals surface area contributed by atoms with Crippen molar-refractivity contribution in [2.75, 3.05) is 14.2 Å². The van der Waals surface area contributed by atoms with E-state index >= 15 is 0 Å². The number of rotatable bonds is 7. The standard InChI is InChI=1S/C19H20FNO5/c1-12(18(22)21-11-13-4-7-15(24-2)8-5-13)26-19(23)14-6-9-17(25-3)16(20)10-14/h4-10,12H,11H2,1-3H3,(H,21,22)/t12-/m0/s1. The number of benzene rings is 2. The van der Waals surface area contributed by atoms with E-state index in [-0.39, 0.29) is 17.9 Å². The van der Waals surface area contributed by atoms with E-state index in [1.54, 1.807) is 19.2 Å². The van der Waals surface area contributed by atoms with Crippen molar-refractivity contribution in [3.05, 3.63) is 59.4 Å². The Balaban J connectivity index is 1.89. The van der Waals surface area contributed by atoms with Gasteiger partial charge < -0.3 is 19.5 Å². The van der Waals surface area contributed by atoms with Gasteiger partial charge in [-0.3, -0.25) is 4.79 Å². The molecule has 0 fully saturated rings. The van der Waals surface area contributed by atoms with Crippen LogP contribution in [0.1, 0.15) is 22.8 Å². The van der Waals surface area contributed by atoms with Gasteiger partial charge in [-0.2, -0.15) is 0 Å². The predicted octanol–water partition coefficient (Wildman–Crippen LogP) is 2.70. The zero-order valence-corrected chi connectivity index (χ0v) is 14.7. The molecule has 0 unspecified atom stereocenters. The third kappa shape index (κ3) is 4.95. The minimum Gasteiger partial charge on any atom is -0.497 e. The quantitative estimate of drug-likeness (QED) is 0.768. The average Bonchev–Trinajstić information content (AvgIpc) is 2.66. The third-order valence-electron chi connectivity index (χ3n) is 3.67. The van der Waals surface area contributed by atoms with Gasteiger partial charge in [0.1, 0.15) is 5.75 Å². The van der Waals surface area contributed by atoms with Crippen LogP contribution in [-0.2, 0) is 16.1 Å². The van der Waals surface area contributed by atoms with E-state index in [2.05, 4.69) is 5.32 Å². The number of ether oxygens (including phenoxy) is 3. The van der Waals surface area contributed by atoms with Gasteiger partial charge in [0.05, 0.1) is 19.8 Å². The third-order valence-corrected chi connectivity index (χ3v) is 3.67. The summed E-state index contributed by atoms with van der Waals surface area (Å²) in [6.45, 7) is 1.73. The average molecular weight is 361 g/mol. The highest BCUT2D eigenvalue weighted by Gasteiger charge is 2.19. The molecule has 0 bridgehead atoms. The second kappa shape index (κ2) is 8.84. The van der Waals surface area contributed by atoms with Crippen LogP contribution in [-0.4, -0.2) is 32.2 Å². The Labute approximate surface area is 150 Å². The SMILES string of the molecule is COc1ccc(CNC(=O)[C@H](C)OC(=O)c2ccc(OC)c(F)c2)cc1. The molecule has 0 saturated carbocycles. The molecule has 0 heterocycles. The van der Waals surface area contributed by atoms with Gasteiger partial charge in [0, 0.05) is 6.54 Å². The minimum absolute atomic E-state index is 0.00176. The van der Waals surface area contributed by atoms with Gasteiger partial charge in [0.2, 0.25) is 0 Å². The molecule has 6 nitrogen and oxygen atoms in total. The Morgan fingerprint density at radius 1 is 1.08 bits per heavy atom. The van der Waals surface area contributed by atoms with Gasteiger partial charge in [0.15, 0.2) is 17.7 Å². The Kier molecular flexibility index (Phi) is 6.54. The Hall–Kier alpha value is -3.09. The number of methoxy groups -OCH3 is 2. The molecule has 0 aliphatic rings. The Bertz CT molecular complexity index is 776. The first-order valence-electron chi connectivity index (χ1n) is 7.89. The van der Waals surface area contributed by atoms with Crippen LogP contribution in [0.4, 0.5) is 4.39 Å². The molecule has 0 aromatic heterocycles. The molecular weight excluding hydrogens is 341 g/mol. The smallest absolute Gasteiger partial charge is 0.339 e. The zero-order valence-electron chi connectivity index (χ0n) is 14.7. The maximum atomic E-state index is 13.6. The lowest BCUT2D eigenvalue weighted by Crippen LogP contribution is -2.35. The van der Waals surface area contributed by atoms with Crippen molar-refractivity contribution in [3.8, 4) is 11.5 Å². The molecular formula is C19H20FNO5. The fraction of sp³-hybridized carbons (Fsp3) is 0.263. The van der Waals surface area contributed by atoms with Crippen LogP contribution in [0, 0.1) is 5.82 Å². The van der Waals surface area contributed by atoms with Crippen molar-refractivity contribution in [2.45, 2.75) is 19.6 Å². The molecule has 1 atom stereocenters. The largest absolute Gasteiger partial charge is 0.497 e. The second-order valence-electron chi connectivity index (χ2n) is 5.46. The highest BCUT2D eigenvalue weighted by molar-refractivity contribution is 5.92. The number of hydrogen-bond donors (Lipinski definition) is 1. The molecule has 26 heavy (non-hydrogen) atoms. The van der Waals surface area contributed by atoms with Crippen LogP contribution in [0.3, 0.4) is 0 Å². The number of amides is 1. The van der Waals surface area contributed by atoms with E-state index < -0.39 is 23.8 Å². The summed E-state index contributed by atoms with van der Waals surface area (Å²) in [5.74, 6) is -1.19. The van der Waals surface area contributed by atoms with Crippen LogP contribution >= 0.6 is 0 Å². The molecule has 0 aliphatic heterocycles. The maximum absolute atomic E-state index is 13.6. The second-order valence-corrected chi connectivity index (χ2v) is 5.46. The summed E-state index contributed by atoms with van der Waals surface area (Å²) in [4.78, 5) is 24.1. The fourth-order valence-electron chi connectivity index (χ4n) is 2.15. The molecule has 1 amide bonds. The normalized spacial score (nSPS) is 11.4. The fourth-order valence-corrected chi connectivity index (χ4v) is 2.15. The zero-order chi connectivity index (χ0) is 19.1. The first-order chi connectivity index (χ1) is 12.4. The highest BCUT2D eigenvalue weighted by Crippen LogP contribution is 2.18. The number of halogens is 1. The van der Waals surface area contributed by atoms with Crippen molar-refractivity contribution in [1.29, 1.82) is 0 Å². The van der Waals surface area contributed by atoms with E-state index in [1.165, 1.54) is 26.2 Å². The van der Waals surface area contributed by atoms with Gasteiger partial charge >= 0.3 is 5.97 Å². The number of carbonyl (C=O) groups excluding carboxylic acids is 2. The number of hydrogen-bond acceptors (Lipinski definition) is 5. The van der Waals surface area contributed by atoms with Crippen LogP contribution in [0.2, 0.25) is 0 Å². The highest BCUT2D eigenvalue weighted by atomic mass is 19.1. The van der Waals surface area contributed by atoms with Gasteiger partial charge in [-0.05, 0) is 42.8 Å². The molecule has 0 radical (unpaired) electrons. The lowest BCUT2D eigenvalue weighted by Gasteiger charge is -2.14. The van der Waals surface area contributed by atoms with Crippen LogP contribution < -0.4 is 14.8 Å². The van der Waals surface area contributed by atoms with Crippen molar-refractivity contribution in [2.24, 2.45) is 0 Å². The number of nitrogens with one attached hydrogen (secondary N) is 1. The lowest BCUT2D eigenvalue weighted by atomic mass is 10.2. The van der Waals surface area contributed by atoms with Crippen LogP contribution in [0.15, 0.2) is 42.5 Å². The topological polar surface area (TPSA) is 73.9 Å². The summed E-state index contributed by atoms with van der Waals surface area (Å²) in [7, 11) is 2.90. The Morgan fingerprint density at radius 3 is 2.35 bits per heavy atom. The molecule has 2 rings (SSSR count). The first kappa shape index (κ1) is 19.2. The van der Waals surface area contributed by atoms with Gasteiger partial charge in [0.25, 0.3) is 5.91 Å². The monoisotopic (exact) mass is 361 g/mol. The molecule has 0 saturated heterocycles. The lowest BCUT2D eigenvalue weighted by molar-refractivity contribution is -0.129. The molecule has 2 aromatic carbocycles.